The number of hydrogen-bond acceptors (Lipinski definition) is 3. The van der Waals surface area contributed by atoms with E-state index in [1.165, 1.54) is 0 Å². The Bertz CT molecular complexity index is 379. The standard InChI is InChI=1S/C10H9NO2/c11-5-7-1-2-8(6-12)10-9(7)3-4-13-10/h1-2,12H,3-4,6H2. The molecule has 0 aliphatic carbocycles. The maximum Gasteiger partial charge on any atom is 0.129 e. The lowest BCUT2D eigenvalue weighted by molar-refractivity contribution is 0.271. The van der Waals surface area contributed by atoms with E-state index in [0.29, 0.717) is 17.9 Å². The van der Waals surface area contributed by atoms with Crippen LogP contribution in [-0.2, 0) is 13.0 Å². The average Bonchev–Trinajstić information content (AvgIpc) is 2.64. The zero-order valence-corrected chi connectivity index (χ0v) is 7.08. The van der Waals surface area contributed by atoms with Gasteiger partial charge in [0.15, 0.2) is 0 Å². The Morgan fingerprint density at radius 2 is 2.38 bits per heavy atom. The molecule has 0 saturated carbocycles. The summed E-state index contributed by atoms with van der Waals surface area (Å²) in [7, 11) is 0. The fraction of sp³-hybridized carbons (Fsp3) is 0.300. The predicted octanol–water partition coefficient (Wildman–Crippen LogP) is 0.985. The van der Waals surface area contributed by atoms with E-state index in [1.54, 1.807) is 12.1 Å². The van der Waals surface area contributed by atoms with Crippen molar-refractivity contribution < 1.29 is 9.84 Å². The number of benzene rings is 1. The lowest BCUT2D eigenvalue weighted by atomic mass is 10.0. The summed E-state index contributed by atoms with van der Waals surface area (Å²) in [4.78, 5) is 0. The molecule has 0 unspecified atom stereocenters. The Morgan fingerprint density at radius 1 is 1.54 bits per heavy atom. The van der Waals surface area contributed by atoms with Gasteiger partial charge in [-0.05, 0) is 6.07 Å². The van der Waals surface area contributed by atoms with Gasteiger partial charge in [0.1, 0.15) is 5.75 Å². The molecule has 3 heteroatoms. The third-order valence-electron chi connectivity index (χ3n) is 2.23. The summed E-state index contributed by atoms with van der Waals surface area (Å²) in [6.45, 7) is 0.578. The number of rotatable bonds is 1. The first-order valence-corrected chi connectivity index (χ1v) is 4.15. The molecule has 0 radical (unpaired) electrons. The summed E-state index contributed by atoms with van der Waals surface area (Å²) < 4.78 is 5.35. The van der Waals surface area contributed by atoms with Crippen LogP contribution < -0.4 is 4.74 Å². The maximum atomic E-state index is 9.00. The van der Waals surface area contributed by atoms with Gasteiger partial charge in [-0.2, -0.15) is 5.26 Å². The van der Waals surface area contributed by atoms with Crippen LogP contribution in [0.1, 0.15) is 16.7 Å². The minimum absolute atomic E-state index is 0.0337. The monoisotopic (exact) mass is 175 g/mol. The van der Waals surface area contributed by atoms with Crippen LogP contribution in [0.5, 0.6) is 5.75 Å². The molecule has 0 bridgehead atoms. The number of aliphatic hydroxyl groups is 1. The van der Waals surface area contributed by atoms with Gasteiger partial charge in [0.2, 0.25) is 0 Å². The van der Waals surface area contributed by atoms with Crippen molar-refractivity contribution in [3.05, 3.63) is 28.8 Å². The SMILES string of the molecule is N#Cc1ccc(CO)c2c1CCO2. The molecule has 1 aliphatic heterocycles. The summed E-state index contributed by atoms with van der Waals surface area (Å²) >= 11 is 0. The summed E-state index contributed by atoms with van der Waals surface area (Å²) in [5, 5.41) is 17.8. The van der Waals surface area contributed by atoms with E-state index in [9.17, 15) is 0 Å². The minimum Gasteiger partial charge on any atom is -0.493 e. The molecule has 0 aromatic heterocycles. The van der Waals surface area contributed by atoms with Crippen LogP contribution >= 0.6 is 0 Å². The van der Waals surface area contributed by atoms with Crippen LogP contribution in [0.3, 0.4) is 0 Å². The van der Waals surface area contributed by atoms with Crippen molar-refractivity contribution in [3.8, 4) is 11.8 Å². The second-order valence-corrected chi connectivity index (χ2v) is 2.95. The molecule has 1 aromatic rings. The van der Waals surface area contributed by atoms with Crippen molar-refractivity contribution in [2.75, 3.05) is 6.61 Å². The zero-order chi connectivity index (χ0) is 9.26. The van der Waals surface area contributed by atoms with E-state index in [1.807, 2.05) is 0 Å². The van der Waals surface area contributed by atoms with Crippen molar-refractivity contribution in [1.82, 2.24) is 0 Å². The number of ether oxygens (including phenoxy) is 1. The largest absolute Gasteiger partial charge is 0.493 e. The number of aliphatic hydroxyl groups excluding tert-OH is 1. The third-order valence-corrected chi connectivity index (χ3v) is 2.23. The van der Waals surface area contributed by atoms with Crippen LogP contribution in [0.15, 0.2) is 12.1 Å². The summed E-state index contributed by atoms with van der Waals surface area (Å²) in [5.41, 5.74) is 2.37. The van der Waals surface area contributed by atoms with E-state index in [2.05, 4.69) is 6.07 Å². The van der Waals surface area contributed by atoms with Gasteiger partial charge in [0.05, 0.1) is 24.8 Å². The molecule has 1 N–H and O–H groups in total. The molecule has 0 saturated heterocycles. The summed E-state index contributed by atoms with van der Waals surface area (Å²) in [6, 6.07) is 5.59. The highest BCUT2D eigenvalue weighted by atomic mass is 16.5. The molecular formula is C10H9NO2. The van der Waals surface area contributed by atoms with Gasteiger partial charge in [-0.3, -0.25) is 0 Å². The van der Waals surface area contributed by atoms with Gasteiger partial charge < -0.3 is 9.84 Å². The highest BCUT2D eigenvalue weighted by molar-refractivity contribution is 5.52. The topological polar surface area (TPSA) is 53.2 Å². The zero-order valence-electron chi connectivity index (χ0n) is 7.08. The highest BCUT2D eigenvalue weighted by Crippen LogP contribution is 2.32. The first-order valence-electron chi connectivity index (χ1n) is 4.15. The maximum absolute atomic E-state index is 9.00. The Hall–Kier alpha value is -1.53. The lowest BCUT2D eigenvalue weighted by Crippen LogP contribution is -1.92. The van der Waals surface area contributed by atoms with Crippen LogP contribution in [0.25, 0.3) is 0 Å². The van der Waals surface area contributed by atoms with Crippen molar-refractivity contribution >= 4 is 0 Å². The quantitative estimate of drug-likeness (QED) is 0.692. The first kappa shape index (κ1) is 8.09. The molecule has 0 atom stereocenters. The minimum atomic E-state index is -0.0337. The second kappa shape index (κ2) is 3.08. The Labute approximate surface area is 76.2 Å². The average molecular weight is 175 g/mol. The van der Waals surface area contributed by atoms with Gasteiger partial charge in [0.25, 0.3) is 0 Å². The lowest BCUT2D eigenvalue weighted by Gasteiger charge is -2.05. The molecule has 13 heavy (non-hydrogen) atoms. The summed E-state index contributed by atoms with van der Waals surface area (Å²) in [6.07, 6.45) is 0.770. The normalized spacial score (nSPS) is 13.2. The highest BCUT2D eigenvalue weighted by Gasteiger charge is 2.19. The van der Waals surface area contributed by atoms with Crippen LogP contribution in [-0.4, -0.2) is 11.7 Å². The fourth-order valence-electron chi connectivity index (χ4n) is 1.59. The fourth-order valence-corrected chi connectivity index (χ4v) is 1.59. The second-order valence-electron chi connectivity index (χ2n) is 2.95. The number of hydrogen-bond donors (Lipinski definition) is 1. The summed E-state index contributed by atoms with van der Waals surface area (Å²) in [5.74, 6) is 0.710. The predicted molar refractivity (Wildman–Crippen MR) is 46.3 cm³/mol. The number of nitriles is 1. The Morgan fingerprint density at radius 3 is 3.08 bits per heavy atom. The Balaban J connectivity index is 2.60. The molecule has 1 heterocycles. The van der Waals surface area contributed by atoms with E-state index < -0.39 is 0 Å². The molecule has 3 nitrogen and oxygen atoms in total. The Kier molecular flexibility index (Phi) is 1.91. The first-order chi connectivity index (χ1) is 6.36. The number of fused-ring (bicyclic) bond motifs is 1. The van der Waals surface area contributed by atoms with Crippen molar-refractivity contribution in [2.45, 2.75) is 13.0 Å². The molecule has 2 rings (SSSR count). The van der Waals surface area contributed by atoms with Crippen molar-refractivity contribution in [1.29, 1.82) is 5.26 Å². The molecule has 0 amide bonds. The van der Waals surface area contributed by atoms with E-state index in [4.69, 9.17) is 15.1 Å². The van der Waals surface area contributed by atoms with Gasteiger partial charge in [0, 0.05) is 17.5 Å². The molecule has 1 aliphatic rings. The van der Waals surface area contributed by atoms with Gasteiger partial charge in [-0.15, -0.1) is 0 Å². The van der Waals surface area contributed by atoms with Crippen LogP contribution in [0.2, 0.25) is 0 Å². The molecular weight excluding hydrogens is 166 g/mol. The van der Waals surface area contributed by atoms with Crippen LogP contribution in [0.4, 0.5) is 0 Å². The van der Waals surface area contributed by atoms with Gasteiger partial charge in [-0.25, -0.2) is 0 Å². The van der Waals surface area contributed by atoms with Gasteiger partial charge in [-0.1, -0.05) is 6.07 Å². The van der Waals surface area contributed by atoms with E-state index >= 15 is 0 Å². The number of nitrogens with zero attached hydrogens (tertiary/aromatic N) is 1. The third kappa shape index (κ3) is 1.16. The van der Waals surface area contributed by atoms with E-state index in [-0.39, 0.29) is 6.61 Å². The smallest absolute Gasteiger partial charge is 0.129 e. The van der Waals surface area contributed by atoms with Crippen molar-refractivity contribution in [3.63, 3.8) is 0 Å². The van der Waals surface area contributed by atoms with E-state index in [0.717, 1.165) is 17.5 Å². The molecule has 1 aromatic carbocycles. The van der Waals surface area contributed by atoms with Gasteiger partial charge >= 0.3 is 0 Å². The molecule has 0 spiro atoms. The van der Waals surface area contributed by atoms with Crippen molar-refractivity contribution in [2.24, 2.45) is 0 Å². The van der Waals surface area contributed by atoms with Crippen LogP contribution in [0, 0.1) is 11.3 Å². The molecule has 0 fully saturated rings. The molecule has 66 valence electrons.